The monoisotopic (exact) mass is 320 g/mol. The Labute approximate surface area is 132 Å². The van der Waals surface area contributed by atoms with Crippen LogP contribution in [0.15, 0.2) is 42.5 Å². The van der Waals surface area contributed by atoms with Gasteiger partial charge in [0.1, 0.15) is 5.82 Å². The number of ether oxygens (including phenoxy) is 2. The smallest absolute Gasteiger partial charge is 0.185 e. The maximum Gasteiger partial charge on any atom is 0.185 e. The molecule has 2 aromatic rings. The molecule has 5 heteroatoms. The first-order valence-electron chi connectivity index (χ1n) is 6.44. The SMILES string of the molecule is COc1ccc(C(=O)/C=C/c2ccc(Cl)c(F)c2)cc1OC. The standard InChI is InChI=1S/C17H14ClFO3/c1-21-16-8-5-12(10-17(16)22-2)15(20)7-4-11-3-6-13(18)14(19)9-11/h3-10H,1-2H3/b7-4+. The Bertz CT molecular complexity index is 726. The van der Waals surface area contributed by atoms with Gasteiger partial charge in [0.05, 0.1) is 19.2 Å². The molecule has 0 saturated heterocycles. The minimum absolute atomic E-state index is 0.0448. The second-order valence-electron chi connectivity index (χ2n) is 4.44. The molecule has 0 unspecified atom stereocenters. The molecule has 0 spiro atoms. The highest BCUT2D eigenvalue weighted by atomic mass is 35.5. The van der Waals surface area contributed by atoms with Crippen molar-refractivity contribution in [2.75, 3.05) is 14.2 Å². The van der Waals surface area contributed by atoms with Crippen molar-refractivity contribution in [3.05, 3.63) is 64.4 Å². The molecule has 0 bridgehead atoms. The van der Waals surface area contributed by atoms with Crippen LogP contribution >= 0.6 is 11.6 Å². The second kappa shape index (κ2) is 7.09. The number of hydrogen-bond donors (Lipinski definition) is 0. The summed E-state index contributed by atoms with van der Waals surface area (Å²) in [6.07, 6.45) is 2.89. The maximum absolute atomic E-state index is 13.3. The third-order valence-electron chi connectivity index (χ3n) is 3.04. The Morgan fingerprint density at radius 2 is 1.82 bits per heavy atom. The zero-order valence-corrected chi connectivity index (χ0v) is 12.9. The van der Waals surface area contributed by atoms with Gasteiger partial charge in [-0.2, -0.15) is 0 Å². The third-order valence-corrected chi connectivity index (χ3v) is 3.35. The van der Waals surface area contributed by atoms with Crippen LogP contribution < -0.4 is 9.47 Å². The minimum atomic E-state index is -0.526. The van der Waals surface area contributed by atoms with Crippen molar-refractivity contribution in [1.82, 2.24) is 0 Å². The molecule has 0 radical (unpaired) electrons. The lowest BCUT2D eigenvalue weighted by atomic mass is 10.1. The van der Waals surface area contributed by atoms with Crippen LogP contribution in [0.3, 0.4) is 0 Å². The molecule has 0 aliphatic heterocycles. The van der Waals surface area contributed by atoms with Gasteiger partial charge >= 0.3 is 0 Å². The highest BCUT2D eigenvalue weighted by Gasteiger charge is 2.08. The number of halogens is 2. The number of carbonyl (C=O) groups is 1. The number of rotatable bonds is 5. The van der Waals surface area contributed by atoms with Crippen molar-refractivity contribution in [2.24, 2.45) is 0 Å². The zero-order chi connectivity index (χ0) is 16.1. The number of hydrogen-bond acceptors (Lipinski definition) is 3. The summed E-state index contributed by atoms with van der Waals surface area (Å²) in [7, 11) is 3.02. The van der Waals surface area contributed by atoms with E-state index in [9.17, 15) is 9.18 Å². The van der Waals surface area contributed by atoms with Crippen LogP contribution in [0.5, 0.6) is 11.5 Å². The van der Waals surface area contributed by atoms with Gasteiger partial charge in [0.2, 0.25) is 0 Å². The van der Waals surface area contributed by atoms with Crippen molar-refractivity contribution in [3.63, 3.8) is 0 Å². The number of allylic oxidation sites excluding steroid dienone is 1. The Balaban J connectivity index is 2.21. The summed E-state index contributed by atoms with van der Waals surface area (Å²) < 4.78 is 23.6. The minimum Gasteiger partial charge on any atom is -0.493 e. The number of methoxy groups -OCH3 is 2. The lowest BCUT2D eigenvalue weighted by molar-refractivity contribution is 0.104. The van der Waals surface area contributed by atoms with E-state index in [4.69, 9.17) is 21.1 Å². The molecule has 0 aliphatic carbocycles. The van der Waals surface area contributed by atoms with Gasteiger partial charge in [0.25, 0.3) is 0 Å². The molecule has 3 nitrogen and oxygen atoms in total. The van der Waals surface area contributed by atoms with Gasteiger partial charge in [-0.25, -0.2) is 4.39 Å². The van der Waals surface area contributed by atoms with Gasteiger partial charge in [-0.1, -0.05) is 23.7 Å². The van der Waals surface area contributed by atoms with Crippen molar-refractivity contribution >= 4 is 23.5 Å². The largest absolute Gasteiger partial charge is 0.493 e. The Morgan fingerprint density at radius 3 is 2.45 bits per heavy atom. The topological polar surface area (TPSA) is 35.5 Å². The first-order chi connectivity index (χ1) is 10.5. The third kappa shape index (κ3) is 3.65. The van der Waals surface area contributed by atoms with Crippen molar-refractivity contribution in [2.45, 2.75) is 0 Å². The number of carbonyl (C=O) groups excluding carboxylic acids is 1. The van der Waals surface area contributed by atoms with Gasteiger partial charge in [-0.05, 0) is 42.0 Å². The summed E-state index contributed by atoms with van der Waals surface area (Å²) in [6, 6.07) is 9.22. The van der Waals surface area contributed by atoms with E-state index >= 15 is 0 Å². The van der Waals surface area contributed by atoms with Crippen molar-refractivity contribution in [1.29, 1.82) is 0 Å². The van der Waals surface area contributed by atoms with E-state index in [0.29, 0.717) is 22.6 Å². The number of ketones is 1. The Kier molecular flexibility index (Phi) is 5.17. The van der Waals surface area contributed by atoms with Gasteiger partial charge in [-0.3, -0.25) is 4.79 Å². The first kappa shape index (κ1) is 16.0. The summed E-state index contributed by atoms with van der Waals surface area (Å²) in [5.74, 6) is 0.265. The van der Waals surface area contributed by atoms with Crippen molar-refractivity contribution < 1.29 is 18.7 Å². The van der Waals surface area contributed by atoms with Crippen LogP contribution in [0.2, 0.25) is 5.02 Å². The van der Waals surface area contributed by atoms with Gasteiger partial charge in [0, 0.05) is 5.56 Å². The number of benzene rings is 2. The molecular weight excluding hydrogens is 307 g/mol. The second-order valence-corrected chi connectivity index (χ2v) is 4.85. The van der Waals surface area contributed by atoms with Gasteiger partial charge < -0.3 is 9.47 Å². The van der Waals surface area contributed by atoms with Crippen LogP contribution in [0, 0.1) is 5.82 Å². The van der Waals surface area contributed by atoms with Crippen LogP contribution in [0.25, 0.3) is 6.08 Å². The van der Waals surface area contributed by atoms with Crippen LogP contribution in [-0.4, -0.2) is 20.0 Å². The molecule has 0 heterocycles. The molecule has 0 N–H and O–H groups in total. The molecule has 0 fully saturated rings. The van der Waals surface area contributed by atoms with Gasteiger partial charge in [-0.15, -0.1) is 0 Å². The summed E-state index contributed by atoms with van der Waals surface area (Å²) in [5.41, 5.74) is 0.999. The molecular formula is C17H14ClFO3. The summed E-state index contributed by atoms with van der Waals surface area (Å²) >= 11 is 5.61. The van der Waals surface area contributed by atoms with E-state index in [2.05, 4.69) is 0 Å². The molecule has 0 aliphatic rings. The fourth-order valence-corrected chi connectivity index (χ4v) is 1.99. The molecule has 0 aromatic heterocycles. The average Bonchev–Trinajstić information content (AvgIpc) is 2.54. The zero-order valence-electron chi connectivity index (χ0n) is 12.1. The van der Waals surface area contributed by atoms with E-state index in [1.54, 1.807) is 24.3 Å². The summed E-state index contributed by atoms with van der Waals surface area (Å²) in [5, 5.41) is 0.0448. The fourth-order valence-electron chi connectivity index (χ4n) is 1.87. The summed E-state index contributed by atoms with van der Waals surface area (Å²) in [4.78, 5) is 12.1. The molecule has 2 rings (SSSR count). The van der Waals surface area contributed by atoms with Crippen LogP contribution in [-0.2, 0) is 0 Å². The van der Waals surface area contributed by atoms with E-state index in [1.165, 1.54) is 38.5 Å². The molecule has 22 heavy (non-hydrogen) atoms. The molecule has 2 aromatic carbocycles. The lowest BCUT2D eigenvalue weighted by Gasteiger charge is -2.08. The fraction of sp³-hybridized carbons (Fsp3) is 0.118. The van der Waals surface area contributed by atoms with Gasteiger partial charge in [0.15, 0.2) is 17.3 Å². The Morgan fingerprint density at radius 1 is 1.09 bits per heavy atom. The highest BCUT2D eigenvalue weighted by Crippen LogP contribution is 2.27. The van der Waals surface area contributed by atoms with Crippen molar-refractivity contribution in [3.8, 4) is 11.5 Å². The predicted molar refractivity (Wildman–Crippen MR) is 84.3 cm³/mol. The summed E-state index contributed by atoms with van der Waals surface area (Å²) in [6.45, 7) is 0. The molecule has 0 saturated carbocycles. The lowest BCUT2D eigenvalue weighted by Crippen LogP contribution is -1.97. The normalized spacial score (nSPS) is 10.7. The molecule has 0 atom stereocenters. The molecule has 114 valence electrons. The van der Waals surface area contributed by atoms with E-state index in [0.717, 1.165) is 0 Å². The maximum atomic E-state index is 13.3. The van der Waals surface area contributed by atoms with Crippen LogP contribution in [0.1, 0.15) is 15.9 Å². The van der Waals surface area contributed by atoms with E-state index in [1.807, 2.05) is 0 Å². The van der Waals surface area contributed by atoms with E-state index in [-0.39, 0.29) is 10.8 Å². The Hall–Kier alpha value is -2.33. The van der Waals surface area contributed by atoms with Crippen LogP contribution in [0.4, 0.5) is 4.39 Å². The predicted octanol–water partition coefficient (Wildman–Crippen LogP) is 4.39. The molecule has 0 amide bonds. The average molecular weight is 321 g/mol. The quantitative estimate of drug-likeness (QED) is 0.605. The first-order valence-corrected chi connectivity index (χ1v) is 6.82. The highest BCUT2D eigenvalue weighted by molar-refractivity contribution is 6.30. The van der Waals surface area contributed by atoms with E-state index < -0.39 is 5.82 Å².